The number of likely N-dealkylation sites (N-methyl/N-ethyl adjacent to an activating group) is 1. The van der Waals surface area contributed by atoms with E-state index in [9.17, 15) is 31.1 Å². The van der Waals surface area contributed by atoms with Gasteiger partial charge in [-0.15, -0.1) is 12.4 Å². The van der Waals surface area contributed by atoms with Crippen molar-refractivity contribution in [3.8, 4) is 0 Å². The van der Waals surface area contributed by atoms with E-state index >= 15 is 0 Å². The van der Waals surface area contributed by atoms with Crippen LogP contribution in [0.15, 0.2) is 0 Å². The lowest BCUT2D eigenvalue weighted by atomic mass is 9.85. The van der Waals surface area contributed by atoms with Gasteiger partial charge in [-0.3, -0.25) is 4.79 Å². The van der Waals surface area contributed by atoms with Crippen LogP contribution in [-0.2, 0) is 4.79 Å². The Hall–Kier alpha value is -0.700. The minimum Gasteiger partial charge on any atom is -0.340 e. The minimum atomic E-state index is -5.42. The van der Waals surface area contributed by atoms with E-state index in [-0.39, 0.29) is 19.0 Å². The van der Waals surface area contributed by atoms with Crippen LogP contribution >= 0.6 is 12.4 Å². The van der Waals surface area contributed by atoms with Gasteiger partial charge in [0, 0.05) is 13.1 Å². The zero-order valence-electron chi connectivity index (χ0n) is 9.86. The van der Waals surface area contributed by atoms with E-state index in [4.69, 9.17) is 0 Å². The first kappa shape index (κ1) is 18.3. The zero-order chi connectivity index (χ0) is 14.2. The number of hydrogen-bond donors (Lipinski definition) is 1. The van der Waals surface area contributed by atoms with Crippen molar-refractivity contribution in [2.24, 2.45) is 5.41 Å². The molecule has 0 bridgehead atoms. The molecule has 0 aromatic heterocycles. The summed E-state index contributed by atoms with van der Waals surface area (Å²) in [5, 5.41) is 2.40. The first-order valence-corrected chi connectivity index (χ1v) is 5.11. The molecule has 1 aliphatic rings. The van der Waals surface area contributed by atoms with Crippen molar-refractivity contribution in [2.45, 2.75) is 18.8 Å². The van der Waals surface area contributed by atoms with Gasteiger partial charge >= 0.3 is 12.4 Å². The SMILES string of the molecule is CNCC(=O)N1CCC(C(F)(F)F)(C(F)(F)F)C1.Cl. The lowest BCUT2D eigenvalue weighted by Gasteiger charge is -2.33. The zero-order valence-corrected chi connectivity index (χ0v) is 10.7. The van der Waals surface area contributed by atoms with Gasteiger partial charge in [-0.2, -0.15) is 26.3 Å². The third-order valence-electron chi connectivity index (χ3n) is 3.04. The molecule has 1 fully saturated rings. The molecular formula is C9H13ClF6N2O. The number of nitrogens with one attached hydrogen (secondary N) is 1. The van der Waals surface area contributed by atoms with Crippen LogP contribution in [0.2, 0.25) is 0 Å². The van der Waals surface area contributed by atoms with Crippen LogP contribution in [0.3, 0.4) is 0 Å². The average molecular weight is 315 g/mol. The van der Waals surface area contributed by atoms with Crippen molar-refractivity contribution in [1.29, 1.82) is 0 Å². The summed E-state index contributed by atoms with van der Waals surface area (Å²) in [7, 11) is 1.38. The number of halogens is 7. The number of carbonyl (C=O) groups is 1. The molecular weight excluding hydrogens is 302 g/mol. The van der Waals surface area contributed by atoms with Crippen LogP contribution in [0, 0.1) is 5.41 Å². The maximum atomic E-state index is 12.7. The minimum absolute atomic E-state index is 0. The molecule has 1 aliphatic heterocycles. The van der Waals surface area contributed by atoms with Crippen LogP contribution < -0.4 is 5.32 Å². The average Bonchev–Trinajstić information content (AvgIpc) is 2.61. The molecule has 1 saturated heterocycles. The molecule has 1 N–H and O–H groups in total. The second kappa shape index (κ2) is 5.74. The maximum Gasteiger partial charge on any atom is 0.404 e. The molecule has 114 valence electrons. The lowest BCUT2D eigenvalue weighted by molar-refractivity contribution is -0.334. The number of amides is 1. The summed E-state index contributed by atoms with van der Waals surface area (Å²) in [6.45, 7) is -2.19. The molecule has 0 aromatic rings. The second-order valence-corrected chi connectivity index (χ2v) is 4.17. The van der Waals surface area contributed by atoms with E-state index in [1.54, 1.807) is 0 Å². The van der Waals surface area contributed by atoms with Crippen LogP contribution in [0.4, 0.5) is 26.3 Å². The summed E-state index contributed by atoms with van der Waals surface area (Å²) >= 11 is 0. The van der Waals surface area contributed by atoms with Crippen LogP contribution in [0.5, 0.6) is 0 Å². The predicted octanol–water partition coefficient (Wildman–Crippen LogP) is 1.97. The first-order chi connectivity index (χ1) is 8.05. The monoisotopic (exact) mass is 314 g/mol. The van der Waals surface area contributed by atoms with Gasteiger partial charge < -0.3 is 10.2 Å². The van der Waals surface area contributed by atoms with E-state index in [2.05, 4.69) is 5.32 Å². The third-order valence-corrected chi connectivity index (χ3v) is 3.04. The van der Waals surface area contributed by atoms with Gasteiger partial charge in [0.15, 0.2) is 5.41 Å². The number of alkyl halides is 6. The van der Waals surface area contributed by atoms with Gasteiger partial charge in [-0.25, -0.2) is 0 Å². The lowest BCUT2D eigenvalue weighted by Crippen LogP contribution is -2.52. The molecule has 0 saturated carbocycles. The molecule has 10 heteroatoms. The Bertz CT molecular complexity index is 316. The molecule has 3 nitrogen and oxygen atoms in total. The smallest absolute Gasteiger partial charge is 0.340 e. The van der Waals surface area contributed by atoms with Crippen molar-refractivity contribution < 1.29 is 31.1 Å². The predicted molar refractivity (Wildman–Crippen MR) is 56.9 cm³/mol. The van der Waals surface area contributed by atoms with Crippen LogP contribution in [-0.4, -0.2) is 49.8 Å². The van der Waals surface area contributed by atoms with E-state index in [0.29, 0.717) is 4.90 Å². The molecule has 0 aliphatic carbocycles. The highest BCUT2D eigenvalue weighted by atomic mass is 35.5. The normalized spacial score (nSPS) is 19.2. The van der Waals surface area contributed by atoms with Crippen molar-refractivity contribution in [3.63, 3.8) is 0 Å². The highest BCUT2D eigenvalue weighted by molar-refractivity contribution is 5.85. The molecule has 0 aromatic carbocycles. The summed E-state index contributed by atoms with van der Waals surface area (Å²) in [5.74, 6) is -0.770. The summed E-state index contributed by atoms with van der Waals surface area (Å²) in [6, 6.07) is 0. The fraction of sp³-hybridized carbons (Fsp3) is 0.889. The topological polar surface area (TPSA) is 32.3 Å². The molecule has 1 heterocycles. The quantitative estimate of drug-likeness (QED) is 0.790. The Morgan fingerprint density at radius 2 is 1.68 bits per heavy atom. The molecule has 0 atom stereocenters. The van der Waals surface area contributed by atoms with E-state index < -0.39 is 43.2 Å². The Morgan fingerprint density at radius 3 is 2.00 bits per heavy atom. The van der Waals surface area contributed by atoms with Crippen molar-refractivity contribution in [3.05, 3.63) is 0 Å². The Kier molecular flexibility index (Phi) is 5.53. The van der Waals surface area contributed by atoms with Gasteiger partial charge in [0.2, 0.25) is 5.91 Å². The number of carbonyl (C=O) groups excluding carboxylic acids is 1. The Balaban J connectivity index is 0.00000324. The van der Waals surface area contributed by atoms with Gasteiger partial charge in [-0.1, -0.05) is 0 Å². The van der Waals surface area contributed by atoms with Crippen molar-refractivity contribution in [1.82, 2.24) is 10.2 Å². The molecule has 1 amide bonds. The number of hydrogen-bond acceptors (Lipinski definition) is 2. The van der Waals surface area contributed by atoms with Crippen LogP contribution in [0.1, 0.15) is 6.42 Å². The molecule has 0 unspecified atom stereocenters. The largest absolute Gasteiger partial charge is 0.404 e. The third kappa shape index (κ3) is 3.25. The highest BCUT2D eigenvalue weighted by Gasteiger charge is 2.72. The summed E-state index contributed by atoms with van der Waals surface area (Å²) in [4.78, 5) is 11.9. The fourth-order valence-corrected chi connectivity index (χ4v) is 1.91. The second-order valence-electron chi connectivity index (χ2n) is 4.17. The van der Waals surface area contributed by atoms with Gasteiger partial charge in [0.25, 0.3) is 0 Å². The number of rotatable bonds is 2. The van der Waals surface area contributed by atoms with Gasteiger partial charge in [0.1, 0.15) is 0 Å². The van der Waals surface area contributed by atoms with E-state index in [1.807, 2.05) is 0 Å². The number of likely N-dealkylation sites (tertiary alicyclic amines) is 1. The highest BCUT2D eigenvalue weighted by Crippen LogP contribution is 2.55. The van der Waals surface area contributed by atoms with Crippen molar-refractivity contribution >= 4 is 18.3 Å². The standard InChI is InChI=1S/C9H12F6N2O.ClH/c1-16-4-6(18)17-3-2-7(5-17,8(10,11)12)9(13,14)15;/h16H,2-5H2,1H3;1H. The van der Waals surface area contributed by atoms with Gasteiger partial charge in [0.05, 0.1) is 6.54 Å². The molecule has 1 rings (SSSR count). The summed E-state index contributed by atoms with van der Waals surface area (Å²) in [5.41, 5.74) is -3.80. The van der Waals surface area contributed by atoms with Crippen LogP contribution in [0.25, 0.3) is 0 Å². The maximum absolute atomic E-state index is 12.7. The molecule has 19 heavy (non-hydrogen) atoms. The van der Waals surface area contributed by atoms with Gasteiger partial charge in [-0.05, 0) is 13.5 Å². The Morgan fingerprint density at radius 1 is 1.21 bits per heavy atom. The molecule has 0 radical (unpaired) electrons. The van der Waals surface area contributed by atoms with E-state index in [0.717, 1.165) is 0 Å². The Labute approximate surface area is 111 Å². The van der Waals surface area contributed by atoms with Crippen molar-refractivity contribution in [2.75, 3.05) is 26.7 Å². The molecule has 0 spiro atoms. The summed E-state index contributed by atoms with van der Waals surface area (Å²) in [6.07, 6.45) is -12.0. The number of nitrogens with zero attached hydrogens (tertiary/aromatic N) is 1. The fourth-order valence-electron chi connectivity index (χ4n) is 1.91. The first-order valence-electron chi connectivity index (χ1n) is 5.11. The van der Waals surface area contributed by atoms with E-state index in [1.165, 1.54) is 7.05 Å². The summed E-state index contributed by atoms with van der Waals surface area (Å²) < 4.78 is 76.0.